The molecule has 2 aliphatic heterocycles. The van der Waals surface area contributed by atoms with Gasteiger partial charge in [-0.15, -0.1) is 0 Å². The van der Waals surface area contributed by atoms with Crippen LogP contribution in [0.4, 0.5) is 4.79 Å². The van der Waals surface area contributed by atoms with Crippen LogP contribution in [0.5, 0.6) is 0 Å². The third-order valence-electron chi connectivity index (χ3n) is 3.24. The van der Waals surface area contributed by atoms with Crippen molar-refractivity contribution in [2.24, 2.45) is 5.92 Å². The molecule has 2 rings (SSSR count). The van der Waals surface area contributed by atoms with Crippen LogP contribution < -0.4 is 5.32 Å². The lowest BCUT2D eigenvalue weighted by molar-refractivity contribution is -0.143. The summed E-state index contributed by atoms with van der Waals surface area (Å²) in [6, 6.07) is -0.138. The summed E-state index contributed by atoms with van der Waals surface area (Å²) in [6.07, 6.45) is 0.0352. The van der Waals surface area contributed by atoms with Crippen LogP contribution in [-0.4, -0.2) is 41.0 Å². The van der Waals surface area contributed by atoms with Crippen LogP contribution in [-0.2, 0) is 14.3 Å². The Labute approximate surface area is 106 Å². The maximum Gasteiger partial charge on any atom is 0.407 e. The molecule has 0 radical (unpaired) electrons. The Morgan fingerprint density at radius 3 is 2.39 bits per heavy atom. The van der Waals surface area contributed by atoms with E-state index >= 15 is 0 Å². The van der Waals surface area contributed by atoms with Gasteiger partial charge in [0.15, 0.2) is 0 Å². The second kappa shape index (κ2) is 4.42. The molecule has 0 unspecified atom stereocenters. The summed E-state index contributed by atoms with van der Waals surface area (Å²) in [5.74, 6) is -1.26. The molecular formula is C12H19NO5. The fourth-order valence-electron chi connectivity index (χ4n) is 2.53. The molecule has 2 saturated heterocycles. The Balaban J connectivity index is 1.85. The lowest BCUT2D eigenvalue weighted by Crippen LogP contribution is -2.45. The van der Waals surface area contributed by atoms with E-state index in [9.17, 15) is 9.59 Å². The molecule has 18 heavy (non-hydrogen) atoms. The maximum atomic E-state index is 11.6. The summed E-state index contributed by atoms with van der Waals surface area (Å²) in [6.45, 7) is 5.39. The number of alkyl carbamates (subject to hydrolysis) is 1. The number of carboxylic acids is 1. The van der Waals surface area contributed by atoms with E-state index in [0.29, 0.717) is 12.8 Å². The van der Waals surface area contributed by atoms with Crippen LogP contribution in [0.1, 0.15) is 33.6 Å². The Bertz CT molecular complexity index is 362. The van der Waals surface area contributed by atoms with E-state index in [-0.39, 0.29) is 18.2 Å². The summed E-state index contributed by atoms with van der Waals surface area (Å²) >= 11 is 0. The highest BCUT2D eigenvalue weighted by atomic mass is 16.6. The van der Waals surface area contributed by atoms with Crippen molar-refractivity contribution in [2.75, 3.05) is 0 Å². The fraction of sp³-hybridized carbons (Fsp3) is 0.833. The molecule has 102 valence electrons. The van der Waals surface area contributed by atoms with Gasteiger partial charge in [0.05, 0.1) is 24.2 Å². The molecule has 0 aromatic carbocycles. The van der Waals surface area contributed by atoms with Gasteiger partial charge in [-0.1, -0.05) is 0 Å². The standard InChI is InChI=1S/C12H19NO5/c1-12(2,3)18-11(16)13-7-5-8-6(10(14)15)4-9(7)17-8/h6-9H,4-5H2,1-3H3,(H,13,16)(H,14,15)/t6-,7-,8+,9+/m0/s1. The van der Waals surface area contributed by atoms with Gasteiger partial charge in [-0.05, 0) is 33.6 Å². The summed E-state index contributed by atoms with van der Waals surface area (Å²) in [4.78, 5) is 22.5. The molecule has 2 N–H and O–H groups in total. The number of ether oxygens (including phenoxy) is 2. The van der Waals surface area contributed by atoms with E-state index in [1.165, 1.54) is 0 Å². The van der Waals surface area contributed by atoms with Crippen molar-refractivity contribution in [1.29, 1.82) is 0 Å². The molecule has 6 nitrogen and oxygen atoms in total. The average Bonchev–Trinajstić information content (AvgIpc) is 2.72. The van der Waals surface area contributed by atoms with Gasteiger partial charge < -0.3 is 19.9 Å². The van der Waals surface area contributed by atoms with Gasteiger partial charge >= 0.3 is 12.1 Å². The normalized spacial score (nSPS) is 34.4. The molecule has 2 bridgehead atoms. The first kappa shape index (κ1) is 13.1. The number of amides is 1. The number of aliphatic carboxylic acids is 1. The van der Waals surface area contributed by atoms with Gasteiger partial charge in [0.2, 0.25) is 0 Å². The zero-order valence-electron chi connectivity index (χ0n) is 10.8. The number of fused-ring (bicyclic) bond motifs is 2. The van der Waals surface area contributed by atoms with Crippen molar-refractivity contribution in [3.05, 3.63) is 0 Å². The quantitative estimate of drug-likeness (QED) is 0.775. The summed E-state index contributed by atoms with van der Waals surface area (Å²) in [7, 11) is 0. The SMILES string of the molecule is CC(C)(C)OC(=O)N[C@H]1C[C@H]2O[C@@H]1C[C@@H]2C(=O)O. The summed E-state index contributed by atoms with van der Waals surface area (Å²) in [5, 5.41) is 11.7. The molecule has 2 heterocycles. The van der Waals surface area contributed by atoms with E-state index in [1.807, 2.05) is 0 Å². The topological polar surface area (TPSA) is 84.9 Å². The van der Waals surface area contributed by atoms with Crippen molar-refractivity contribution in [3.8, 4) is 0 Å². The van der Waals surface area contributed by atoms with Gasteiger partial charge in [-0.25, -0.2) is 4.79 Å². The lowest BCUT2D eigenvalue weighted by Gasteiger charge is -2.25. The number of hydrogen-bond donors (Lipinski definition) is 2. The van der Waals surface area contributed by atoms with Crippen LogP contribution in [0.25, 0.3) is 0 Å². The van der Waals surface area contributed by atoms with E-state index < -0.39 is 23.6 Å². The van der Waals surface area contributed by atoms with Crippen molar-refractivity contribution >= 4 is 12.1 Å². The number of carbonyl (C=O) groups excluding carboxylic acids is 1. The molecule has 0 saturated carbocycles. The molecule has 0 aromatic heterocycles. The third-order valence-corrected chi connectivity index (χ3v) is 3.24. The van der Waals surface area contributed by atoms with Crippen LogP contribution in [0, 0.1) is 5.92 Å². The number of carbonyl (C=O) groups is 2. The van der Waals surface area contributed by atoms with Crippen molar-refractivity contribution in [2.45, 2.75) is 57.5 Å². The van der Waals surface area contributed by atoms with Gasteiger partial charge in [0, 0.05) is 0 Å². The van der Waals surface area contributed by atoms with Crippen LogP contribution in [0.3, 0.4) is 0 Å². The van der Waals surface area contributed by atoms with Crippen molar-refractivity contribution < 1.29 is 24.2 Å². The van der Waals surface area contributed by atoms with Gasteiger partial charge in [0.25, 0.3) is 0 Å². The van der Waals surface area contributed by atoms with E-state index in [1.54, 1.807) is 20.8 Å². The van der Waals surface area contributed by atoms with E-state index in [4.69, 9.17) is 14.6 Å². The Morgan fingerprint density at radius 1 is 1.28 bits per heavy atom. The Kier molecular flexibility index (Phi) is 3.23. The van der Waals surface area contributed by atoms with Crippen molar-refractivity contribution in [3.63, 3.8) is 0 Å². The highest BCUT2D eigenvalue weighted by molar-refractivity contribution is 5.72. The predicted molar refractivity (Wildman–Crippen MR) is 62.2 cm³/mol. The first-order valence-corrected chi connectivity index (χ1v) is 6.14. The zero-order chi connectivity index (χ0) is 13.5. The average molecular weight is 257 g/mol. The van der Waals surface area contributed by atoms with E-state index in [2.05, 4.69) is 5.32 Å². The highest BCUT2D eigenvalue weighted by Gasteiger charge is 2.50. The minimum absolute atomic E-state index is 0.138. The van der Waals surface area contributed by atoms with Gasteiger partial charge in [0.1, 0.15) is 5.60 Å². The molecule has 2 aliphatic rings. The van der Waals surface area contributed by atoms with Crippen LogP contribution in [0.2, 0.25) is 0 Å². The number of hydrogen-bond acceptors (Lipinski definition) is 4. The molecule has 4 atom stereocenters. The molecule has 0 aliphatic carbocycles. The largest absolute Gasteiger partial charge is 0.481 e. The minimum Gasteiger partial charge on any atom is -0.481 e. The first-order valence-electron chi connectivity index (χ1n) is 6.14. The molecule has 1 amide bonds. The maximum absolute atomic E-state index is 11.6. The fourth-order valence-corrected chi connectivity index (χ4v) is 2.53. The molecule has 6 heteroatoms. The number of nitrogens with one attached hydrogen (secondary N) is 1. The van der Waals surface area contributed by atoms with Gasteiger partial charge in [-0.3, -0.25) is 4.79 Å². The van der Waals surface area contributed by atoms with Crippen molar-refractivity contribution in [1.82, 2.24) is 5.32 Å². The molecular weight excluding hydrogens is 238 g/mol. The monoisotopic (exact) mass is 257 g/mol. The first-order chi connectivity index (χ1) is 8.26. The predicted octanol–water partition coefficient (Wildman–Crippen LogP) is 1.14. The van der Waals surface area contributed by atoms with E-state index in [0.717, 1.165) is 0 Å². The Morgan fingerprint density at radius 2 is 1.94 bits per heavy atom. The van der Waals surface area contributed by atoms with Crippen LogP contribution in [0.15, 0.2) is 0 Å². The Hall–Kier alpha value is -1.30. The second-order valence-corrected chi connectivity index (χ2v) is 5.88. The lowest BCUT2D eigenvalue weighted by atomic mass is 9.86. The third kappa shape index (κ3) is 2.75. The zero-order valence-corrected chi connectivity index (χ0v) is 10.8. The smallest absolute Gasteiger partial charge is 0.407 e. The molecule has 0 spiro atoms. The summed E-state index contributed by atoms with van der Waals surface area (Å²) in [5.41, 5.74) is -0.536. The van der Waals surface area contributed by atoms with Gasteiger partial charge in [-0.2, -0.15) is 0 Å². The second-order valence-electron chi connectivity index (χ2n) is 5.88. The number of carboxylic acid groups (broad SMARTS) is 1. The molecule has 0 aromatic rings. The molecule has 2 fully saturated rings. The number of rotatable bonds is 2. The summed E-state index contributed by atoms with van der Waals surface area (Å²) < 4.78 is 10.7. The highest BCUT2D eigenvalue weighted by Crippen LogP contribution is 2.39. The van der Waals surface area contributed by atoms with Crippen LogP contribution >= 0.6 is 0 Å². The minimum atomic E-state index is -0.821.